The minimum absolute atomic E-state index is 0.500. The molecule has 0 N–H and O–H groups in total. The summed E-state index contributed by atoms with van der Waals surface area (Å²) < 4.78 is 10.9. The van der Waals surface area contributed by atoms with Crippen molar-refractivity contribution < 1.29 is 9.05 Å². The van der Waals surface area contributed by atoms with E-state index in [1.165, 1.54) is 0 Å². The number of rotatable bonds is 5. The lowest BCUT2D eigenvalue weighted by Gasteiger charge is -2.24. The molecule has 0 saturated carbocycles. The fourth-order valence-electron chi connectivity index (χ4n) is 3.22. The molecule has 4 rings (SSSR count). The van der Waals surface area contributed by atoms with Gasteiger partial charge in [-0.3, -0.25) is 4.90 Å². The maximum absolute atomic E-state index is 5.99. The average molecular weight is 373 g/mol. The SMILES string of the molecule is CC(C)Cc1nc(CN2CCc3onc(-c4ccc(Cl)cc4)c3C2)no1. The third-order valence-corrected chi connectivity index (χ3v) is 4.73. The summed E-state index contributed by atoms with van der Waals surface area (Å²) in [4.78, 5) is 6.80. The second-order valence-corrected chi connectivity index (χ2v) is 7.54. The molecule has 7 heteroatoms. The summed E-state index contributed by atoms with van der Waals surface area (Å²) in [6.07, 6.45) is 1.64. The molecule has 0 aliphatic carbocycles. The van der Waals surface area contributed by atoms with Gasteiger partial charge in [0.15, 0.2) is 5.82 Å². The highest BCUT2D eigenvalue weighted by molar-refractivity contribution is 6.30. The molecule has 1 aliphatic rings. The molecule has 0 amide bonds. The van der Waals surface area contributed by atoms with E-state index in [0.29, 0.717) is 23.4 Å². The Balaban J connectivity index is 1.49. The smallest absolute Gasteiger partial charge is 0.226 e. The summed E-state index contributed by atoms with van der Waals surface area (Å²) in [5, 5.41) is 9.11. The Hall–Kier alpha value is -2.18. The van der Waals surface area contributed by atoms with Crippen LogP contribution in [0.5, 0.6) is 0 Å². The van der Waals surface area contributed by atoms with Crippen LogP contribution in [0, 0.1) is 5.92 Å². The van der Waals surface area contributed by atoms with Gasteiger partial charge < -0.3 is 9.05 Å². The zero-order valence-corrected chi connectivity index (χ0v) is 15.7. The van der Waals surface area contributed by atoms with Crippen LogP contribution in [0.1, 0.15) is 36.9 Å². The predicted molar refractivity (Wildman–Crippen MR) is 97.6 cm³/mol. The van der Waals surface area contributed by atoms with Crippen LogP contribution in [-0.4, -0.2) is 26.7 Å². The lowest BCUT2D eigenvalue weighted by atomic mass is 10.0. The van der Waals surface area contributed by atoms with Crippen molar-refractivity contribution in [2.45, 2.75) is 39.8 Å². The Morgan fingerprint density at radius 1 is 1.15 bits per heavy atom. The quantitative estimate of drug-likeness (QED) is 0.670. The molecule has 0 saturated heterocycles. The van der Waals surface area contributed by atoms with E-state index in [9.17, 15) is 0 Å². The third kappa shape index (κ3) is 3.66. The van der Waals surface area contributed by atoms with E-state index in [4.69, 9.17) is 20.6 Å². The van der Waals surface area contributed by atoms with Crippen LogP contribution in [0.15, 0.2) is 33.3 Å². The molecule has 1 aliphatic heterocycles. The molecule has 0 radical (unpaired) electrons. The van der Waals surface area contributed by atoms with E-state index in [2.05, 4.69) is 34.0 Å². The average Bonchev–Trinajstić information content (AvgIpc) is 3.22. The van der Waals surface area contributed by atoms with Gasteiger partial charge in [-0.2, -0.15) is 4.98 Å². The lowest BCUT2D eigenvalue weighted by molar-refractivity contribution is 0.220. The number of hydrogen-bond acceptors (Lipinski definition) is 6. The van der Waals surface area contributed by atoms with Crippen molar-refractivity contribution in [2.24, 2.45) is 5.92 Å². The van der Waals surface area contributed by atoms with Gasteiger partial charge in [0.25, 0.3) is 0 Å². The highest BCUT2D eigenvalue weighted by atomic mass is 35.5. The van der Waals surface area contributed by atoms with Crippen molar-refractivity contribution in [3.63, 3.8) is 0 Å². The van der Waals surface area contributed by atoms with Gasteiger partial charge >= 0.3 is 0 Å². The van der Waals surface area contributed by atoms with E-state index in [1.54, 1.807) is 0 Å². The Morgan fingerprint density at radius 3 is 2.73 bits per heavy atom. The summed E-state index contributed by atoms with van der Waals surface area (Å²) in [5.74, 6) is 2.90. The summed E-state index contributed by atoms with van der Waals surface area (Å²) in [5.41, 5.74) is 3.03. The predicted octanol–water partition coefficient (Wildman–Crippen LogP) is 4.13. The van der Waals surface area contributed by atoms with E-state index < -0.39 is 0 Å². The van der Waals surface area contributed by atoms with Gasteiger partial charge in [-0.05, 0) is 18.1 Å². The van der Waals surface area contributed by atoms with Crippen LogP contribution in [0.4, 0.5) is 0 Å². The zero-order valence-electron chi connectivity index (χ0n) is 14.9. The van der Waals surface area contributed by atoms with Crippen LogP contribution >= 0.6 is 11.6 Å². The minimum atomic E-state index is 0.500. The molecule has 0 atom stereocenters. The highest BCUT2D eigenvalue weighted by Crippen LogP contribution is 2.31. The van der Waals surface area contributed by atoms with Crippen molar-refractivity contribution in [3.8, 4) is 11.3 Å². The number of nitrogens with zero attached hydrogens (tertiary/aromatic N) is 4. The molecular formula is C19H21ClN4O2. The molecule has 0 fully saturated rings. The normalized spacial score (nSPS) is 14.8. The van der Waals surface area contributed by atoms with Crippen LogP contribution in [0.3, 0.4) is 0 Å². The number of aromatic nitrogens is 3. The number of halogens is 1. The van der Waals surface area contributed by atoms with Gasteiger partial charge in [0, 0.05) is 42.1 Å². The van der Waals surface area contributed by atoms with E-state index >= 15 is 0 Å². The second-order valence-electron chi connectivity index (χ2n) is 7.10. The van der Waals surface area contributed by atoms with Gasteiger partial charge in [-0.1, -0.05) is 47.9 Å². The molecule has 3 heterocycles. The van der Waals surface area contributed by atoms with Crippen LogP contribution in [0.25, 0.3) is 11.3 Å². The highest BCUT2D eigenvalue weighted by Gasteiger charge is 2.26. The minimum Gasteiger partial charge on any atom is -0.360 e. The molecule has 0 bridgehead atoms. The van der Waals surface area contributed by atoms with Crippen molar-refractivity contribution in [1.82, 2.24) is 20.2 Å². The van der Waals surface area contributed by atoms with Crippen LogP contribution < -0.4 is 0 Å². The maximum atomic E-state index is 5.99. The molecule has 136 valence electrons. The number of fused-ring (bicyclic) bond motifs is 1. The second kappa shape index (κ2) is 7.21. The fourth-order valence-corrected chi connectivity index (χ4v) is 3.35. The van der Waals surface area contributed by atoms with Crippen molar-refractivity contribution in [1.29, 1.82) is 0 Å². The summed E-state index contributed by atoms with van der Waals surface area (Å²) >= 11 is 5.99. The maximum Gasteiger partial charge on any atom is 0.226 e. The van der Waals surface area contributed by atoms with E-state index in [-0.39, 0.29) is 0 Å². The molecule has 1 aromatic carbocycles. The molecule has 6 nitrogen and oxygen atoms in total. The third-order valence-electron chi connectivity index (χ3n) is 4.48. The summed E-state index contributed by atoms with van der Waals surface area (Å²) in [6, 6.07) is 7.68. The fraction of sp³-hybridized carbons (Fsp3) is 0.421. The molecule has 0 spiro atoms. The summed E-state index contributed by atoms with van der Waals surface area (Å²) in [6.45, 7) is 6.58. The largest absolute Gasteiger partial charge is 0.360 e. The Labute approximate surface area is 157 Å². The van der Waals surface area contributed by atoms with Crippen molar-refractivity contribution in [2.75, 3.05) is 6.54 Å². The first kappa shape index (κ1) is 17.2. The number of benzene rings is 1. The monoisotopic (exact) mass is 372 g/mol. The molecule has 2 aromatic heterocycles. The molecule has 26 heavy (non-hydrogen) atoms. The molecule has 0 unspecified atom stereocenters. The molecule has 3 aromatic rings. The van der Waals surface area contributed by atoms with Gasteiger partial charge in [0.2, 0.25) is 5.89 Å². The first-order valence-electron chi connectivity index (χ1n) is 8.85. The van der Waals surface area contributed by atoms with Crippen LogP contribution in [0.2, 0.25) is 5.02 Å². The lowest BCUT2D eigenvalue weighted by Crippen LogP contribution is -2.30. The Kier molecular flexibility index (Phi) is 4.78. The standard InChI is InChI=1S/C19H21ClN4O2/c1-12(2)9-18-21-17(22-26-18)11-24-8-7-16-15(10-24)19(23-25-16)13-3-5-14(20)6-4-13/h3-6,12H,7-11H2,1-2H3. The van der Waals surface area contributed by atoms with Crippen LogP contribution in [-0.2, 0) is 25.9 Å². The first-order valence-corrected chi connectivity index (χ1v) is 9.23. The first-order chi connectivity index (χ1) is 12.6. The van der Waals surface area contributed by atoms with Gasteiger partial charge in [-0.15, -0.1) is 0 Å². The van der Waals surface area contributed by atoms with Crippen molar-refractivity contribution in [3.05, 3.63) is 52.3 Å². The summed E-state index contributed by atoms with van der Waals surface area (Å²) in [7, 11) is 0. The Morgan fingerprint density at radius 2 is 1.96 bits per heavy atom. The topological polar surface area (TPSA) is 68.2 Å². The van der Waals surface area contributed by atoms with E-state index in [0.717, 1.165) is 54.3 Å². The zero-order chi connectivity index (χ0) is 18.1. The van der Waals surface area contributed by atoms with Crippen molar-refractivity contribution >= 4 is 11.6 Å². The Bertz CT molecular complexity index is 885. The van der Waals surface area contributed by atoms with Gasteiger partial charge in [-0.25, -0.2) is 0 Å². The number of hydrogen-bond donors (Lipinski definition) is 0. The van der Waals surface area contributed by atoms with E-state index in [1.807, 2.05) is 24.3 Å². The van der Waals surface area contributed by atoms with Gasteiger partial charge in [0.1, 0.15) is 11.5 Å². The van der Waals surface area contributed by atoms with Gasteiger partial charge in [0.05, 0.1) is 6.54 Å². The molecular weight excluding hydrogens is 352 g/mol.